The molecule has 6 nitrogen and oxygen atoms in total. The molecule has 0 radical (unpaired) electrons. The van der Waals surface area contributed by atoms with Crippen LogP contribution in [0.25, 0.3) is 0 Å². The van der Waals surface area contributed by atoms with Crippen LogP contribution in [-0.4, -0.2) is 37.2 Å². The average molecular weight is 909 g/mol. The minimum absolute atomic E-state index is 0.0852. The van der Waals surface area contributed by atoms with Gasteiger partial charge in [-0.05, 0) is 83.5 Å². The average Bonchev–Trinajstić information content (AvgIpc) is 3.30. The summed E-state index contributed by atoms with van der Waals surface area (Å²) in [6.07, 6.45) is 66.4. The van der Waals surface area contributed by atoms with Gasteiger partial charge >= 0.3 is 17.9 Å². The molecular formula is C59H104O6. The van der Waals surface area contributed by atoms with Crippen LogP contribution in [0.2, 0.25) is 0 Å². The number of hydrogen-bond acceptors (Lipinski definition) is 6. The number of carbonyl (C=O) groups is 3. The number of ether oxygens (including phenoxy) is 3. The molecule has 0 saturated carbocycles. The summed E-state index contributed by atoms with van der Waals surface area (Å²) in [6, 6.07) is 0. The molecule has 0 bridgehead atoms. The van der Waals surface area contributed by atoms with E-state index < -0.39 is 6.10 Å². The molecule has 0 saturated heterocycles. The summed E-state index contributed by atoms with van der Waals surface area (Å²) in [5.41, 5.74) is 0. The Balaban J connectivity index is 4.34. The molecule has 0 aromatic heterocycles. The van der Waals surface area contributed by atoms with Gasteiger partial charge in [-0.15, -0.1) is 0 Å². The first-order valence-electron chi connectivity index (χ1n) is 27.8. The van der Waals surface area contributed by atoms with Crippen molar-refractivity contribution in [2.75, 3.05) is 13.2 Å². The highest BCUT2D eigenvalue weighted by molar-refractivity contribution is 5.71. The lowest BCUT2D eigenvalue weighted by Gasteiger charge is -2.18. The number of esters is 3. The van der Waals surface area contributed by atoms with Crippen molar-refractivity contribution in [1.82, 2.24) is 0 Å². The minimum Gasteiger partial charge on any atom is -0.462 e. The molecule has 1 atom stereocenters. The normalized spacial score (nSPS) is 12.5. The highest BCUT2D eigenvalue weighted by Crippen LogP contribution is 2.15. The van der Waals surface area contributed by atoms with Crippen molar-refractivity contribution in [2.24, 2.45) is 0 Å². The fourth-order valence-corrected chi connectivity index (χ4v) is 7.84. The zero-order valence-corrected chi connectivity index (χ0v) is 43.0. The molecule has 0 aliphatic rings. The van der Waals surface area contributed by atoms with Gasteiger partial charge in [-0.25, -0.2) is 0 Å². The van der Waals surface area contributed by atoms with Crippen molar-refractivity contribution in [3.05, 3.63) is 60.8 Å². The molecule has 6 heteroatoms. The van der Waals surface area contributed by atoms with Crippen LogP contribution in [0.5, 0.6) is 0 Å². The molecule has 0 aliphatic heterocycles. The molecule has 1 unspecified atom stereocenters. The molecule has 0 aromatic carbocycles. The quantitative estimate of drug-likeness (QED) is 0.0262. The second-order valence-electron chi connectivity index (χ2n) is 18.5. The molecular weight excluding hydrogens is 805 g/mol. The minimum atomic E-state index is -0.789. The molecule has 0 amide bonds. The van der Waals surface area contributed by atoms with E-state index in [0.29, 0.717) is 19.3 Å². The van der Waals surface area contributed by atoms with Crippen molar-refractivity contribution in [3.63, 3.8) is 0 Å². The predicted molar refractivity (Wildman–Crippen MR) is 279 cm³/mol. The molecule has 0 spiro atoms. The maximum Gasteiger partial charge on any atom is 0.306 e. The lowest BCUT2D eigenvalue weighted by molar-refractivity contribution is -0.167. The first kappa shape index (κ1) is 62.1. The zero-order chi connectivity index (χ0) is 47.2. The largest absolute Gasteiger partial charge is 0.462 e. The Bertz CT molecular complexity index is 1180. The standard InChI is InChI=1S/C59H104O6/c1-4-7-10-13-16-19-22-25-26-27-28-29-30-31-32-35-37-40-43-46-49-52-58(61)64-55-56(65-59(62)53-50-47-44-41-38-34-24-21-18-15-12-9-6-3)54-63-57(60)51-48-45-42-39-36-33-23-20-17-14-11-8-5-2/h9,12,18,21-22,25,27-28,34,38,56H,4-8,10-11,13-17,19-20,23-24,26,29-33,35-37,39-55H2,1-3H3/b12-9-,21-18-,25-22-,28-27-,38-34-. The fraction of sp³-hybridized carbons (Fsp3) is 0.780. The van der Waals surface area contributed by atoms with Crippen LogP contribution >= 0.6 is 0 Å². The predicted octanol–water partition coefficient (Wildman–Crippen LogP) is 18.4. The number of hydrogen-bond donors (Lipinski definition) is 0. The molecule has 65 heavy (non-hydrogen) atoms. The van der Waals surface area contributed by atoms with Crippen LogP contribution in [-0.2, 0) is 28.6 Å². The third-order valence-corrected chi connectivity index (χ3v) is 12.0. The fourth-order valence-electron chi connectivity index (χ4n) is 7.84. The number of rotatable bonds is 50. The number of unbranched alkanes of at least 4 members (excludes halogenated alkanes) is 29. The highest BCUT2D eigenvalue weighted by Gasteiger charge is 2.19. The summed E-state index contributed by atoms with van der Waals surface area (Å²) in [5.74, 6) is -0.911. The van der Waals surface area contributed by atoms with Gasteiger partial charge in [0.15, 0.2) is 6.10 Å². The maximum absolute atomic E-state index is 12.8. The summed E-state index contributed by atoms with van der Waals surface area (Å²) in [7, 11) is 0. The Kier molecular flexibility index (Phi) is 51.3. The summed E-state index contributed by atoms with van der Waals surface area (Å²) in [4.78, 5) is 38.0. The lowest BCUT2D eigenvalue weighted by atomic mass is 10.0. The third kappa shape index (κ3) is 51.9. The van der Waals surface area contributed by atoms with Crippen LogP contribution in [0.4, 0.5) is 0 Å². The second kappa shape index (κ2) is 53.7. The molecule has 0 N–H and O–H groups in total. The second-order valence-corrected chi connectivity index (χ2v) is 18.5. The summed E-state index contributed by atoms with van der Waals surface area (Å²) < 4.78 is 16.8. The first-order chi connectivity index (χ1) is 32.0. The van der Waals surface area contributed by atoms with Gasteiger partial charge in [-0.2, -0.15) is 0 Å². The van der Waals surface area contributed by atoms with E-state index in [1.807, 2.05) is 0 Å². The number of allylic oxidation sites excluding steroid dienone is 10. The zero-order valence-electron chi connectivity index (χ0n) is 43.0. The van der Waals surface area contributed by atoms with Crippen LogP contribution in [0.15, 0.2) is 60.8 Å². The smallest absolute Gasteiger partial charge is 0.306 e. The van der Waals surface area contributed by atoms with Gasteiger partial charge in [0.2, 0.25) is 0 Å². The van der Waals surface area contributed by atoms with Gasteiger partial charge in [0, 0.05) is 19.3 Å². The van der Waals surface area contributed by atoms with Gasteiger partial charge in [0.25, 0.3) is 0 Å². The van der Waals surface area contributed by atoms with Gasteiger partial charge in [0.1, 0.15) is 13.2 Å². The van der Waals surface area contributed by atoms with E-state index >= 15 is 0 Å². The van der Waals surface area contributed by atoms with E-state index in [-0.39, 0.29) is 31.1 Å². The van der Waals surface area contributed by atoms with Crippen LogP contribution < -0.4 is 0 Å². The molecule has 0 rings (SSSR count). The Morgan fingerprint density at radius 2 is 0.600 bits per heavy atom. The van der Waals surface area contributed by atoms with Crippen molar-refractivity contribution in [2.45, 2.75) is 284 Å². The molecule has 376 valence electrons. The van der Waals surface area contributed by atoms with Crippen molar-refractivity contribution in [3.8, 4) is 0 Å². The summed E-state index contributed by atoms with van der Waals surface area (Å²) in [6.45, 7) is 6.50. The van der Waals surface area contributed by atoms with Crippen molar-refractivity contribution in [1.29, 1.82) is 0 Å². The van der Waals surface area contributed by atoms with Crippen LogP contribution in [0, 0.1) is 0 Å². The van der Waals surface area contributed by atoms with Crippen molar-refractivity contribution < 1.29 is 28.6 Å². The molecule has 0 heterocycles. The maximum atomic E-state index is 12.8. The molecule has 0 aromatic rings. The topological polar surface area (TPSA) is 78.9 Å². The lowest BCUT2D eigenvalue weighted by Crippen LogP contribution is -2.30. The monoisotopic (exact) mass is 909 g/mol. The van der Waals surface area contributed by atoms with Gasteiger partial charge < -0.3 is 14.2 Å². The van der Waals surface area contributed by atoms with E-state index in [1.165, 1.54) is 148 Å². The third-order valence-electron chi connectivity index (χ3n) is 12.0. The summed E-state index contributed by atoms with van der Waals surface area (Å²) in [5, 5.41) is 0. The van der Waals surface area contributed by atoms with E-state index in [9.17, 15) is 14.4 Å². The molecule has 0 fully saturated rings. The Morgan fingerprint density at radius 3 is 0.954 bits per heavy atom. The van der Waals surface area contributed by atoms with Crippen molar-refractivity contribution >= 4 is 17.9 Å². The van der Waals surface area contributed by atoms with Crippen LogP contribution in [0.3, 0.4) is 0 Å². The van der Waals surface area contributed by atoms with Gasteiger partial charge in [-0.3, -0.25) is 14.4 Å². The van der Waals surface area contributed by atoms with E-state index in [2.05, 4.69) is 81.5 Å². The van der Waals surface area contributed by atoms with E-state index in [0.717, 1.165) is 89.9 Å². The molecule has 0 aliphatic carbocycles. The Labute approximate surface area is 402 Å². The summed E-state index contributed by atoms with van der Waals surface area (Å²) >= 11 is 0. The van der Waals surface area contributed by atoms with E-state index in [4.69, 9.17) is 14.2 Å². The van der Waals surface area contributed by atoms with E-state index in [1.54, 1.807) is 0 Å². The van der Waals surface area contributed by atoms with Crippen LogP contribution in [0.1, 0.15) is 278 Å². The number of carbonyl (C=O) groups excluding carboxylic acids is 3. The van der Waals surface area contributed by atoms with Gasteiger partial charge in [0.05, 0.1) is 0 Å². The Morgan fingerprint density at radius 1 is 0.323 bits per heavy atom. The highest BCUT2D eigenvalue weighted by atomic mass is 16.6. The Hall–Kier alpha value is -2.89. The van der Waals surface area contributed by atoms with Gasteiger partial charge in [-0.1, -0.05) is 236 Å². The first-order valence-corrected chi connectivity index (χ1v) is 27.8. The SMILES string of the molecule is CC/C=C\C/C=C\C/C=C\CCCCCC(=O)OC(COC(=O)CCCCCCCCCCC/C=C\C/C=C\CCCCCCC)COC(=O)CCCCCCCCCCCCCCC.